The molecule has 1 aromatic heterocycles. The molecule has 47 heavy (non-hydrogen) atoms. The van der Waals surface area contributed by atoms with Gasteiger partial charge < -0.3 is 42.7 Å². The fraction of sp³-hybridized carbons (Fsp3) is 0.485. The summed E-state index contributed by atoms with van der Waals surface area (Å²) in [6.07, 6.45) is -1.39. The maximum absolute atomic E-state index is 12.8. The first-order chi connectivity index (χ1) is 22.2. The third-order valence-electron chi connectivity index (χ3n) is 6.76. The first-order valence-electron chi connectivity index (χ1n) is 14.8. The van der Waals surface area contributed by atoms with Crippen molar-refractivity contribution in [3.63, 3.8) is 0 Å². The van der Waals surface area contributed by atoms with Crippen LogP contribution in [0.5, 0.6) is 17.2 Å². The van der Waals surface area contributed by atoms with Crippen LogP contribution in [0.2, 0.25) is 0 Å². The van der Waals surface area contributed by atoms with Crippen LogP contribution in [0.1, 0.15) is 61.3 Å². The number of allylic oxidation sites excluding steroid dienone is 3. The molecule has 0 bridgehead atoms. The Morgan fingerprint density at radius 2 is 1.49 bits per heavy atom. The van der Waals surface area contributed by atoms with E-state index in [-0.39, 0.29) is 29.1 Å². The summed E-state index contributed by atoms with van der Waals surface area (Å²) < 4.78 is 44.1. The number of carbonyl (C=O) groups is 4. The largest absolute Gasteiger partial charge is 0.504 e. The molecular weight excluding hydrogens is 620 g/mol. The van der Waals surface area contributed by atoms with Crippen molar-refractivity contribution in [3.8, 4) is 17.2 Å². The smallest absolute Gasteiger partial charge is 0.383 e. The third kappa shape index (κ3) is 10.6. The van der Waals surface area contributed by atoms with Gasteiger partial charge in [-0.1, -0.05) is 17.2 Å². The second-order valence-electron chi connectivity index (χ2n) is 11.1. The summed E-state index contributed by atoms with van der Waals surface area (Å²) in [6, 6.07) is 4.09. The predicted octanol–water partition coefficient (Wildman–Crippen LogP) is 4.03. The lowest BCUT2D eigenvalue weighted by molar-refractivity contribution is -0.288. The van der Waals surface area contributed by atoms with Crippen LogP contribution in [-0.2, 0) is 42.9 Å². The second-order valence-corrected chi connectivity index (χ2v) is 11.1. The van der Waals surface area contributed by atoms with Gasteiger partial charge in [-0.3, -0.25) is 19.2 Å². The Hall–Kier alpha value is -4.85. The summed E-state index contributed by atoms with van der Waals surface area (Å²) in [5.41, 5.74) is 1.27. The minimum atomic E-state index is -1.51. The number of hydrogen-bond donors (Lipinski definition) is 1. The SMILES string of the molecule is CC(=O)OC[C@H]1O[C@H](Oc2ccc3c(O)c(OC/C=C(\C)CCC=C(C)C)c(=O)oc3c2)[C@@H](OC(C)=O)[C@@H](OC(C)=O)[C@@H]1OC(C)=O. The van der Waals surface area contributed by atoms with Crippen LogP contribution < -0.4 is 15.1 Å². The van der Waals surface area contributed by atoms with E-state index in [1.54, 1.807) is 0 Å². The van der Waals surface area contributed by atoms with Crippen LogP contribution in [0.3, 0.4) is 0 Å². The van der Waals surface area contributed by atoms with E-state index in [1.165, 1.54) is 23.8 Å². The van der Waals surface area contributed by atoms with Crippen molar-refractivity contribution in [1.82, 2.24) is 0 Å². The Kier molecular flexibility index (Phi) is 13.0. The molecule has 2 aromatic rings. The van der Waals surface area contributed by atoms with Gasteiger partial charge in [-0.25, -0.2) is 4.79 Å². The van der Waals surface area contributed by atoms with Crippen LogP contribution in [-0.4, -0.2) is 72.9 Å². The highest BCUT2D eigenvalue weighted by Gasteiger charge is 2.53. The molecule has 0 unspecified atom stereocenters. The fourth-order valence-corrected chi connectivity index (χ4v) is 4.72. The van der Waals surface area contributed by atoms with Crippen LogP contribution in [0.15, 0.2) is 50.7 Å². The molecular formula is C33H40O14. The lowest BCUT2D eigenvalue weighted by Gasteiger charge is -2.43. The number of esters is 4. The summed E-state index contributed by atoms with van der Waals surface area (Å²) in [4.78, 5) is 60.4. The van der Waals surface area contributed by atoms with Gasteiger partial charge in [0.1, 0.15) is 30.7 Å². The van der Waals surface area contributed by atoms with Crippen molar-refractivity contribution in [3.05, 3.63) is 51.9 Å². The van der Waals surface area contributed by atoms with Gasteiger partial charge in [0.2, 0.25) is 18.1 Å². The Labute approximate surface area is 271 Å². The maximum atomic E-state index is 12.8. The van der Waals surface area contributed by atoms with E-state index < -0.39 is 72.6 Å². The van der Waals surface area contributed by atoms with E-state index in [1.807, 2.05) is 26.8 Å². The van der Waals surface area contributed by atoms with Gasteiger partial charge in [-0.05, 0) is 51.8 Å². The molecule has 1 aromatic carbocycles. The first kappa shape index (κ1) is 36.6. The number of ether oxygens (including phenoxy) is 7. The molecule has 1 aliphatic rings. The quantitative estimate of drug-likeness (QED) is 0.141. The molecule has 256 valence electrons. The molecule has 1 saturated heterocycles. The Balaban J connectivity index is 1.91. The highest BCUT2D eigenvalue weighted by molar-refractivity contribution is 5.86. The standard InChI is InChI=1S/C33H40O14/c1-17(2)9-8-10-18(3)13-14-40-29-27(38)24-12-11-23(15-25(24)46-32(29)39)45-33-31(44-22(7)37)30(43-21(6)36)28(42-20(5)35)26(47-33)16-41-19(4)34/h9,11-13,15,26,28,30-31,33,38H,8,10,14,16H2,1-7H3/b18-13+/t26-,28-,30+,31+,33+/m1/s1. The molecule has 14 heteroatoms. The lowest BCUT2D eigenvalue weighted by atomic mass is 9.98. The van der Waals surface area contributed by atoms with E-state index >= 15 is 0 Å². The van der Waals surface area contributed by atoms with Crippen molar-refractivity contribution in [2.24, 2.45) is 0 Å². The lowest BCUT2D eigenvalue weighted by Crippen LogP contribution is -2.63. The zero-order valence-electron chi connectivity index (χ0n) is 27.4. The van der Waals surface area contributed by atoms with E-state index in [2.05, 4.69) is 6.08 Å². The van der Waals surface area contributed by atoms with Gasteiger partial charge in [0.25, 0.3) is 0 Å². The van der Waals surface area contributed by atoms with Crippen molar-refractivity contribution >= 4 is 34.8 Å². The van der Waals surface area contributed by atoms with Crippen LogP contribution >= 0.6 is 0 Å². The topological polar surface area (TPSA) is 183 Å². The molecule has 0 spiro atoms. The monoisotopic (exact) mass is 660 g/mol. The van der Waals surface area contributed by atoms with Gasteiger partial charge in [-0.2, -0.15) is 0 Å². The summed E-state index contributed by atoms with van der Waals surface area (Å²) in [7, 11) is 0. The first-order valence-corrected chi connectivity index (χ1v) is 14.8. The summed E-state index contributed by atoms with van der Waals surface area (Å²) >= 11 is 0. The zero-order chi connectivity index (χ0) is 34.8. The molecule has 5 atom stereocenters. The van der Waals surface area contributed by atoms with Gasteiger partial charge in [0, 0.05) is 33.8 Å². The van der Waals surface area contributed by atoms with Gasteiger partial charge in [-0.15, -0.1) is 0 Å². The molecule has 0 radical (unpaired) electrons. The number of hydrogen-bond acceptors (Lipinski definition) is 14. The van der Waals surface area contributed by atoms with Gasteiger partial charge in [0.05, 0.1) is 5.39 Å². The zero-order valence-corrected chi connectivity index (χ0v) is 27.4. The number of aromatic hydroxyl groups is 1. The number of carbonyl (C=O) groups excluding carboxylic acids is 4. The highest BCUT2D eigenvalue weighted by Crippen LogP contribution is 2.35. The normalized spacial score (nSPS) is 20.9. The van der Waals surface area contributed by atoms with Gasteiger partial charge in [0.15, 0.2) is 18.0 Å². The molecule has 0 amide bonds. The van der Waals surface area contributed by atoms with E-state index in [0.717, 1.165) is 46.1 Å². The summed E-state index contributed by atoms with van der Waals surface area (Å²) in [6.45, 7) is 10.0. The minimum Gasteiger partial charge on any atom is -0.504 e. The highest BCUT2D eigenvalue weighted by atomic mass is 16.7. The van der Waals surface area contributed by atoms with Crippen LogP contribution in [0.4, 0.5) is 0 Å². The number of benzene rings is 1. The Bertz CT molecular complexity index is 1580. The molecule has 14 nitrogen and oxygen atoms in total. The van der Waals surface area contributed by atoms with Crippen molar-refractivity contribution in [2.45, 2.75) is 92.0 Å². The minimum absolute atomic E-state index is 0.0181. The fourth-order valence-electron chi connectivity index (χ4n) is 4.72. The second kappa shape index (κ2) is 16.6. The van der Waals surface area contributed by atoms with Crippen LogP contribution in [0.25, 0.3) is 11.0 Å². The average molecular weight is 661 g/mol. The molecule has 0 aliphatic carbocycles. The summed E-state index contributed by atoms with van der Waals surface area (Å²) in [5.74, 6) is -3.83. The van der Waals surface area contributed by atoms with Crippen molar-refractivity contribution < 1.29 is 61.9 Å². The van der Waals surface area contributed by atoms with Crippen LogP contribution in [0, 0.1) is 0 Å². The predicted molar refractivity (Wildman–Crippen MR) is 165 cm³/mol. The maximum Gasteiger partial charge on any atom is 0.383 e. The molecule has 1 N–H and O–H groups in total. The molecule has 3 rings (SSSR count). The van der Waals surface area contributed by atoms with Crippen molar-refractivity contribution in [1.29, 1.82) is 0 Å². The average Bonchev–Trinajstić information content (AvgIpc) is 2.95. The molecule has 2 heterocycles. The third-order valence-corrected chi connectivity index (χ3v) is 6.76. The Morgan fingerprint density at radius 1 is 0.851 bits per heavy atom. The number of fused-ring (bicyclic) bond motifs is 1. The van der Waals surface area contributed by atoms with E-state index in [0.29, 0.717) is 0 Å². The molecule has 1 fully saturated rings. The summed E-state index contributed by atoms with van der Waals surface area (Å²) in [5, 5.41) is 11.0. The van der Waals surface area contributed by atoms with Gasteiger partial charge >= 0.3 is 29.5 Å². The van der Waals surface area contributed by atoms with Crippen molar-refractivity contribution in [2.75, 3.05) is 13.2 Å². The van der Waals surface area contributed by atoms with E-state index in [4.69, 9.17) is 37.6 Å². The number of rotatable bonds is 13. The van der Waals surface area contributed by atoms with E-state index in [9.17, 15) is 29.1 Å². The Morgan fingerprint density at radius 3 is 2.11 bits per heavy atom. The molecule has 0 saturated carbocycles. The molecule has 1 aliphatic heterocycles.